The monoisotopic (exact) mass is 295 g/mol. The molecule has 0 bridgehead atoms. The molecule has 2 heterocycles. The predicted octanol–water partition coefficient (Wildman–Crippen LogP) is 3.14. The van der Waals surface area contributed by atoms with Crippen LogP contribution in [0.4, 0.5) is 5.69 Å². The van der Waals surface area contributed by atoms with Crippen LogP contribution in [0.2, 0.25) is 0 Å². The lowest BCUT2D eigenvalue weighted by Crippen LogP contribution is -2.14. The summed E-state index contributed by atoms with van der Waals surface area (Å²) in [6.07, 6.45) is 3.80. The van der Waals surface area contributed by atoms with Gasteiger partial charge in [0.2, 0.25) is 11.8 Å². The Morgan fingerprint density at radius 1 is 1.27 bits per heavy atom. The van der Waals surface area contributed by atoms with Gasteiger partial charge in [-0.3, -0.25) is 4.79 Å². The van der Waals surface area contributed by atoms with Gasteiger partial charge in [0.15, 0.2) is 0 Å². The molecule has 3 rings (SSSR count). The minimum Gasteiger partial charge on any atom is -0.478 e. The van der Waals surface area contributed by atoms with Crippen LogP contribution < -0.4 is 10.1 Å². The Morgan fingerprint density at radius 3 is 2.95 bits per heavy atom. The maximum Gasteiger partial charge on any atom is 0.228 e. The number of aromatic nitrogens is 2. The van der Waals surface area contributed by atoms with E-state index < -0.39 is 0 Å². The molecule has 0 fully saturated rings. The average Bonchev–Trinajstić information content (AvgIpc) is 2.97. The first kappa shape index (κ1) is 14.1. The molecular weight excluding hydrogens is 278 g/mol. The van der Waals surface area contributed by atoms with Crippen molar-refractivity contribution < 1.29 is 9.53 Å². The summed E-state index contributed by atoms with van der Waals surface area (Å²) in [6.45, 7) is 2.47. The van der Waals surface area contributed by atoms with Gasteiger partial charge in [0.05, 0.1) is 24.9 Å². The molecule has 0 atom stereocenters. The van der Waals surface area contributed by atoms with Crippen LogP contribution in [0.3, 0.4) is 0 Å². The Balaban J connectivity index is 1.63. The van der Waals surface area contributed by atoms with Gasteiger partial charge in [-0.2, -0.15) is 0 Å². The summed E-state index contributed by atoms with van der Waals surface area (Å²) in [6, 6.07) is 11.5. The van der Waals surface area contributed by atoms with Crippen molar-refractivity contribution in [3.05, 3.63) is 54.4 Å². The summed E-state index contributed by atoms with van der Waals surface area (Å²) in [5, 5.41) is 3.97. The van der Waals surface area contributed by atoms with Gasteiger partial charge in [-0.25, -0.2) is 4.98 Å². The number of amides is 1. The number of H-pyrrole nitrogens is 1. The molecule has 0 aliphatic rings. The zero-order valence-corrected chi connectivity index (χ0v) is 12.3. The van der Waals surface area contributed by atoms with Gasteiger partial charge in [0.1, 0.15) is 0 Å². The fraction of sp³-hybridized carbons (Fsp3) is 0.176. The third-order valence-corrected chi connectivity index (χ3v) is 3.30. The molecule has 5 heteroatoms. The molecule has 0 aliphatic carbocycles. The van der Waals surface area contributed by atoms with Gasteiger partial charge >= 0.3 is 0 Å². The molecule has 112 valence electrons. The van der Waals surface area contributed by atoms with E-state index in [-0.39, 0.29) is 5.91 Å². The molecule has 5 nitrogen and oxygen atoms in total. The molecule has 0 radical (unpaired) electrons. The Kier molecular flexibility index (Phi) is 4.05. The van der Waals surface area contributed by atoms with E-state index in [1.807, 2.05) is 37.4 Å². The average molecular weight is 295 g/mol. The highest BCUT2D eigenvalue weighted by Crippen LogP contribution is 2.16. The highest BCUT2D eigenvalue weighted by atomic mass is 16.5. The zero-order chi connectivity index (χ0) is 15.4. The molecule has 0 saturated heterocycles. The lowest BCUT2D eigenvalue weighted by atomic mass is 10.1. The van der Waals surface area contributed by atoms with Crippen LogP contribution in [0.1, 0.15) is 12.5 Å². The molecule has 0 saturated carbocycles. The van der Waals surface area contributed by atoms with E-state index in [4.69, 9.17) is 4.74 Å². The van der Waals surface area contributed by atoms with Gasteiger partial charge in [-0.05, 0) is 36.1 Å². The molecule has 1 aromatic carbocycles. The first-order valence-corrected chi connectivity index (χ1v) is 7.19. The van der Waals surface area contributed by atoms with Crippen molar-refractivity contribution in [1.82, 2.24) is 9.97 Å². The number of anilines is 1. The number of benzene rings is 1. The van der Waals surface area contributed by atoms with Crippen LogP contribution >= 0.6 is 0 Å². The van der Waals surface area contributed by atoms with Gasteiger partial charge in [-0.1, -0.05) is 12.1 Å². The molecule has 0 spiro atoms. The second-order valence-electron chi connectivity index (χ2n) is 4.94. The van der Waals surface area contributed by atoms with Crippen LogP contribution in [0.25, 0.3) is 10.9 Å². The maximum atomic E-state index is 12.1. The normalized spacial score (nSPS) is 10.6. The molecular formula is C17H17N3O2. The van der Waals surface area contributed by atoms with Crippen molar-refractivity contribution in [2.24, 2.45) is 0 Å². The van der Waals surface area contributed by atoms with E-state index in [0.29, 0.717) is 24.6 Å². The molecule has 0 aliphatic heterocycles. The van der Waals surface area contributed by atoms with Crippen LogP contribution in [-0.4, -0.2) is 22.5 Å². The summed E-state index contributed by atoms with van der Waals surface area (Å²) < 4.78 is 5.27. The lowest BCUT2D eigenvalue weighted by Gasteiger charge is -2.06. The number of hydrogen-bond acceptors (Lipinski definition) is 3. The summed E-state index contributed by atoms with van der Waals surface area (Å²) in [4.78, 5) is 19.4. The SMILES string of the molecule is CCOc1ccc(NC(=O)Cc2ccc3cc[nH]c3c2)cn1. The van der Waals surface area contributed by atoms with Crippen LogP contribution in [-0.2, 0) is 11.2 Å². The van der Waals surface area contributed by atoms with Gasteiger partial charge in [-0.15, -0.1) is 0 Å². The summed E-state index contributed by atoms with van der Waals surface area (Å²) in [5.41, 5.74) is 2.66. The zero-order valence-electron chi connectivity index (χ0n) is 12.3. The van der Waals surface area contributed by atoms with Crippen LogP contribution in [0.5, 0.6) is 5.88 Å². The number of nitrogens with one attached hydrogen (secondary N) is 2. The van der Waals surface area contributed by atoms with Crippen molar-refractivity contribution in [1.29, 1.82) is 0 Å². The second kappa shape index (κ2) is 6.30. The number of rotatable bonds is 5. The Morgan fingerprint density at radius 2 is 2.18 bits per heavy atom. The molecule has 2 aromatic heterocycles. The fourth-order valence-electron chi connectivity index (χ4n) is 2.28. The van der Waals surface area contributed by atoms with Gasteiger partial charge in [0, 0.05) is 17.8 Å². The largest absolute Gasteiger partial charge is 0.478 e. The van der Waals surface area contributed by atoms with E-state index in [0.717, 1.165) is 16.5 Å². The van der Waals surface area contributed by atoms with Crippen LogP contribution in [0, 0.1) is 0 Å². The van der Waals surface area contributed by atoms with Gasteiger partial charge < -0.3 is 15.0 Å². The standard InChI is InChI=1S/C17H17N3O2/c1-2-22-17-6-5-14(11-19-17)20-16(21)10-12-3-4-13-7-8-18-15(13)9-12/h3-9,11,18H,2,10H2,1H3,(H,20,21). The number of nitrogens with zero attached hydrogens (tertiary/aromatic N) is 1. The number of carbonyl (C=O) groups is 1. The molecule has 1 amide bonds. The van der Waals surface area contributed by atoms with Crippen molar-refractivity contribution in [3.8, 4) is 5.88 Å². The van der Waals surface area contributed by atoms with E-state index in [2.05, 4.69) is 15.3 Å². The Hall–Kier alpha value is -2.82. The summed E-state index contributed by atoms with van der Waals surface area (Å²) >= 11 is 0. The van der Waals surface area contributed by atoms with E-state index in [1.165, 1.54) is 0 Å². The van der Waals surface area contributed by atoms with E-state index in [9.17, 15) is 4.79 Å². The third kappa shape index (κ3) is 3.25. The highest BCUT2D eigenvalue weighted by Gasteiger charge is 2.06. The highest BCUT2D eigenvalue weighted by molar-refractivity contribution is 5.92. The van der Waals surface area contributed by atoms with Crippen molar-refractivity contribution in [3.63, 3.8) is 0 Å². The van der Waals surface area contributed by atoms with E-state index in [1.54, 1.807) is 18.3 Å². The first-order chi connectivity index (χ1) is 10.7. The fourth-order valence-corrected chi connectivity index (χ4v) is 2.28. The van der Waals surface area contributed by atoms with Crippen LogP contribution in [0.15, 0.2) is 48.8 Å². The van der Waals surface area contributed by atoms with Crippen molar-refractivity contribution in [2.75, 3.05) is 11.9 Å². The van der Waals surface area contributed by atoms with E-state index >= 15 is 0 Å². The third-order valence-electron chi connectivity index (χ3n) is 3.30. The smallest absolute Gasteiger partial charge is 0.228 e. The number of ether oxygens (including phenoxy) is 1. The number of pyridine rings is 1. The van der Waals surface area contributed by atoms with Gasteiger partial charge in [0.25, 0.3) is 0 Å². The van der Waals surface area contributed by atoms with Crippen molar-refractivity contribution >= 4 is 22.5 Å². The van der Waals surface area contributed by atoms with Crippen molar-refractivity contribution in [2.45, 2.75) is 13.3 Å². The summed E-state index contributed by atoms with van der Waals surface area (Å²) in [5.74, 6) is 0.481. The second-order valence-corrected chi connectivity index (χ2v) is 4.94. The molecule has 2 N–H and O–H groups in total. The quantitative estimate of drug-likeness (QED) is 0.760. The topological polar surface area (TPSA) is 67.0 Å². The molecule has 0 unspecified atom stereocenters. The molecule has 3 aromatic rings. The number of fused-ring (bicyclic) bond motifs is 1. The minimum absolute atomic E-state index is 0.0723. The Labute approximate surface area is 128 Å². The summed E-state index contributed by atoms with van der Waals surface area (Å²) in [7, 11) is 0. The minimum atomic E-state index is -0.0723. The Bertz CT molecular complexity index is 778. The lowest BCUT2D eigenvalue weighted by molar-refractivity contribution is -0.115. The molecule has 22 heavy (non-hydrogen) atoms. The maximum absolute atomic E-state index is 12.1. The number of hydrogen-bond donors (Lipinski definition) is 2. The number of carbonyl (C=O) groups excluding carboxylic acids is 1. The predicted molar refractivity (Wildman–Crippen MR) is 86.0 cm³/mol. The number of aromatic amines is 1. The first-order valence-electron chi connectivity index (χ1n) is 7.19.